The number of carbonyl (C=O) groups is 1. The Labute approximate surface area is 185 Å². The Morgan fingerprint density at radius 3 is 2.94 bits per heavy atom. The average Bonchev–Trinajstić information content (AvgIpc) is 3.46. The van der Waals surface area contributed by atoms with Crippen molar-refractivity contribution < 1.29 is 14.3 Å². The molecule has 5 rings (SSSR count). The fraction of sp³-hybridized carbons (Fsp3) is 0.364. The van der Waals surface area contributed by atoms with E-state index >= 15 is 0 Å². The molecule has 3 N–H and O–H groups in total. The topological polar surface area (TPSA) is 117 Å². The van der Waals surface area contributed by atoms with Crippen LogP contribution in [0.15, 0.2) is 36.5 Å². The van der Waals surface area contributed by atoms with Crippen LogP contribution in [-0.4, -0.2) is 63.8 Å². The van der Waals surface area contributed by atoms with E-state index in [1.165, 1.54) is 0 Å². The van der Waals surface area contributed by atoms with Crippen LogP contribution in [0.5, 0.6) is 11.5 Å². The number of benzene rings is 1. The number of rotatable bonds is 8. The lowest BCUT2D eigenvalue weighted by Crippen LogP contribution is -2.27. The molecule has 0 atom stereocenters. The summed E-state index contributed by atoms with van der Waals surface area (Å²) in [7, 11) is 0. The Bertz CT molecular complexity index is 1100. The number of hydrogen-bond donors (Lipinski definition) is 3. The Morgan fingerprint density at radius 2 is 2.06 bits per heavy atom. The smallest absolute Gasteiger partial charge is 0.246 e. The first-order valence-corrected chi connectivity index (χ1v) is 10.8. The molecule has 0 radical (unpaired) electrons. The van der Waals surface area contributed by atoms with Gasteiger partial charge in [-0.1, -0.05) is 0 Å². The molecule has 0 bridgehead atoms. The van der Waals surface area contributed by atoms with E-state index in [0.29, 0.717) is 43.7 Å². The number of H-pyrrole nitrogens is 1. The van der Waals surface area contributed by atoms with Crippen molar-refractivity contribution in [2.24, 2.45) is 0 Å². The number of ether oxygens (including phenoxy) is 2. The van der Waals surface area contributed by atoms with Gasteiger partial charge in [-0.25, -0.2) is 4.98 Å². The number of pyridine rings is 1. The summed E-state index contributed by atoms with van der Waals surface area (Å²) >= 11 is 0. The van der Waals surface area contributed by atoms with E-state index in [1.54, 1.807) is 6.20 Å². The largest absolute Gasteiger partial charge is 0.486 e. The summed E-state index contributed by atoms with van der Waals surface area (Å²) in [5, 5.41) is 13.8. The molecule has 4 heterocycles. The summed E-state index contributed by atoms with van der Waals surface area (Å²) < 4.78 is 11.2. The van der Waals surface area contributed by atoms with Crippen LogP contribution in [0.4, 0.5) is 17.5 Å². The van der Waals surface area contributed by atoms with Crippen LogP contribution in [0.3, 0.4) is 0 Å². The molecule has 1 aromatic carbocycles. The zero-order valence-corrected chi connectivity index (χ0v) is 17.6. The van der Waals surface area contributed by atoms with Crippen molar-refractivity contribution >= 4 is 23.4 Å². The van der Waals surface area contributed by atoms with E-state index < -0.39 is 0 Å². The van der Waals surface area contributed by atoms with Crippen LogP contribution in [0.25, 0.3) is 11.4 Å². The number of carbonyl (C=O) groups excluding carboxylic acids is 1. The van der Waals surface area contributed by atoms with Gasteiger partial charge in [0, 0.05) is 44.0 Å². The summed E-state index contributed by atoms with van der Waals surface area (Å²) in [6, 6.07) is 9.43. The third-order valence-electron chi connectivity index (χ3n) is 5.42. The third-order valence-corrected chi connectivity index (χ3v) is 5.42. The normalized spacial score (nSPS) is 15.1. The van der Waals surface area contributed by atoms with Gasteiger partial charge in [-0.15, -0.1) is 5.10 Å². The summed E-state index contributed by atoms with van der Waals surface area (Å²) in [5.74, 6) is 3.46. The van der Waals surface area contributed by atoms with Gasteiger partial charge in [0.15, 0.2) is 17.3 Å². The number of aromatic amines is 1. The van der Waals surface area contributed by atoms with Gasteiger partial charge < -0.3 is 25.0 Å². The minimum Gasteiger partial charge on any atom is -0.486 e. The van der Waals surface area contributed by atoms with Crippen molar-refractivity contribution in [1.29, 1.82) is 0 Å². The second kappa shape index (κ2) is 9.13. The first kappa shape index (κ1) is 20.1. The Morgan fingerprint density at radius 1 is 1.16 bits per heavy atom. The predicted molar refractivity (Wildman–Crippen MR) is 119 cm³/mol. The van der Waals surface area contributed by atoms with E-state index in [0.717, 1.165) is 48.7 Å². The maximum absolute atomic E-state index is 11.7. The molecule has 2 aliphatic heterocycles. The number of nitrogens with zero attached hydrogens (tertiary/aromatic N) is 4. The summed E-state index contributed by atoms with van der Waals surface area (Å²) in [6.07, 6.45) is 4.23. The van der Waals surface area contributed by atoms with Gasteiger partial charge in [-0.05, 0) is 37.1 Å². The van der Waals surface area contributed by atoms with Crippen molar-refractivity contribution in [2.75, 3.05) is 43.5 Å². The third kappa shape index (κ3) is 4.43. The Hall–Kier alpha value is -3.82. The second-order valence-corrected chi connectivity index (χ2v) is 7.66. The summed E-state index contributed by atoms with van der Waals surface area (Å²) in [5.41, 5.74) is 1.63. The van der Waals surface area contributed by atoms with Crippen LogP contribution in [0.1, 0.15) is 19.3 Å². The average molecular weight is 435 g/mol. The molecule has 10 nitrogen and oxygen atoms in total. The van der Waals surface area contributed by atoms with Crippen molar-refractivity contribution in [1.82, 2.24) is 25.1 Å². The van der Waals surface area contributed by atoms with Gasteiger partial charge in [0.05, 0.1) is 5.56 Å². The van der Waals surface area contributed by atoms with Gasteiger partial charge in [0.2, 0.25) is 11.9 Å². The van der Waals surface area contributed by atoms with Crippen LogP contribution in [0.2, 0.25) is 0 Å². The highest BCUT2D eigenvalue weighted by atomic mass is 16.6. The van der Waals surface area contributed by atoms with Gasteiger partial charge in [0.25, 0.3) is 0 Å². The monoisotopic (exact) mass is 435 g/mol. The lowest BCUT2D eigenvalue weighted by Gasteiger charge is -2.18. The zero-order valence-electron chi connectivity index (χ0n) is 17.6. The standard InChI is InChI=1S/C22H25N7O3/c30-19-5-2-10-29(19)11-3-9-24-20-16(4-1-8-23-20)21-26-22(28-27-21)25-15-6-7-17-18(14-15)32-13-12-31-17/h1,4,6-8,14H,2-3,5,9-13H2,(H,23,24)(H2,25,26,27,28). The molecule has 0 aliphatic carbocycles. The molecule has 166 valence electrons. The van der Waals surface area contributed by atoms with Crippen molar-refractivity contribution in [2.45, 2.75) is 19.3 Å². The lowest BCUT2D eigenvalue weighted by atomic mass is 10.2. The fourth-order valence-corrected chi connectivity index (χ4v) is 3.84. The maximum atomic E-state index is 11.7. The van der Waals surface area contributed by atoms with Gasteiger partial charge in [-0.3, -0.25) is 9.89 Å². The highest BCUT2D eigenvalue weighted by Gasteiger charge is 2.19. The molecule has 3 aromatic rings. The Kier molecular flexibility index (Phi) is 5.73. The van der Waals surface area contributed by atoms with Crippen molar-refractivity contribution in [3.05, 3.63) is 36.5 Å². The van der Waals surface area contributed by atoms with E-state index in [9.17, 15) is 4.79 Å². The van der Waals surface area contributed by atoms with E-state index in [4.69, 9.17) is 9.47 Å². The molecule has 0 saturated carbocycles. The lowest BCUT2D eigenvalue weighted by molar-refractivity contribution is -0.127. The highest BCUT2D eigenvalue weighted by molar-refractivity contribution is 5.78. The molecular formula is C22H25N7O3. The molecule has 2 aromatic heterocycles. The van der Waals surface area contributed by atoms with Gasteiger partial charge in [0.1, 0.15) is 19.0 Å². The quantitative estimate of drug-likeness (QED) is 0.463. The number of nitrogens with one attached hydrogen (secondary N) is 3. The predicted octanol–water partition coefficient (Wildman–Crippen LogP) is 2.81. The SMILES string of the molecule is O=C1CCCN1CCCNc1ncccc1-c1nc(Nc2ccc3c(c2)OCCO3)n[nH]1. The zero-order chi connectivity index (χ0) is 21.8. The highest BCUT2D eigenvalue weighted by Crippen LogP contribution is 2.33. The maximum Gasteiger partial charge on any atom is 0.246 e. The molecule has 1 saturated heterocycles. The van der Waals surface area contributed by atoms with Crippen LogP contribution in [-0.2, 0) is 4.79 Å². The molecule has 0 spiro atoms. The molecule has 1 amide bonds. The molecule has 32 heavy (non-hydrogen) atoms. The van der Waals surface area contributed by atoms with Crippen molar-refractivity contribution in [3.8, 4) is 22.9 Å². The fourth-order valence-electron chi connectivity index (χ4n) is 3.84. The van der Waals surface area contributed by atoms with E-state index in [-0.39, 0.29) is 5.91 Å². The van der Waals surface area contributed by atoms with Gasteiger partial charge in [-0.2, -0.15) is 4.98 Å². The van der Waals surface area contributed by atoms with Gasteiger partial charge >= 0.3 is 0 Å². The first-order chi connectivity index (χ1) is 15.8. The van der Waals surface area contributed by atoms with Crippen LogP contribution < -0.4 is 20.1 Å². The van der Waals surface area contributed by atoms with Crippen LogP contribution >= 0.6 is 0 Å². The molecule has 0 unspecified atom stereocenters. The molecule has 2 aliphatic rings. The minimum atomic E-state index is 0.253. The number of aromatic nitrogens is 4. The van der Waals surface area contributed by atoms with E-state index in [1.807, 2.05) is 35.2 Å². The number of amides is 1. The molecule has 10 heteroatoms. The minimum absolute atomic E-state index is 0.253. The molecule has 1 fully saturated rings. The van der Waals surface area contributed by atoms with Crippen molar-refractivity contribution in [3.63, 3.8) is 0 Å². The second-order valence-electron chi connectivity index (χ2n) is 7.66. The number of fused-ring (bicyclic) bond motifs is 1. The van der Waals surface area contributed by atoms with Crippen LogP contribution in [0, 0.1) is 0 Å². The Balaban J connectivity index is 1.22. The summed E-state index contributed by atoms with van der Waals surface area (Å²) in [4.78, 5) is 22.7. The molecular weight excluding hydrogens is 410 g/mol. The number of anilines is 3. The first-order valence-electron chi connectivity index (χ1n) is 10.8. The number of hydrogen-bond acceptors (Lipinski definition) is 8. The van der Waals surface area contributed by atoms with E-state index in [2.05, 4.69) is 30.8 Å². The summed E-state index contributed by atoms with van der Waals surface area (Å²) in [6.45, 7) is 3.43. The number of likely N-dealkylation sites (tertiary alicyclic amines) is 1.